The average molecular weight is 239 g/mol. The molecule has 0 aliphatic carbocycles. The topological polar surface area (TPSA) is 54.0 Å². The van der Waals surface area contributed by atoms with E-state index in [4.69, 9.17) is 0 Å². The van der Waals surface area contributed by atoms with Crippen molar-refractivity contribution in [3.8, 4) is 0 Å². The van der Waals surface area contributed by atoms with Crippen molar-refractivity contribution in [2.24, 2.45) is 0 Å². The van der Waals surface area contributed by atoms with Crippen LogP contribution in [0.4, 0.5) is 0 Å². The van der Waals surface area contributed by atoms with Crippen LogP contribution in [-0.2, 0) is 4.79 Å². The van der Waals surface area contributed by atoms with E-state index in [1.165, 1.54) is 0 Å². The molecule has 4 nitrogen and oxygen atoms in total. The number of nitrogens with one attached hydrogen (secondary N) is 2. The first-order chi connectivity index (χ1) is 8.83. The van der Waals surface area contributed by atoms with Crippen molar-refractivity contribution in [2.75, 3.05) is 13.1 Å². The Kier molecular flexibility index (Phi) is 2.68. The maximum absolute atomic E-state index is 11.6. The zero-order valence-corrected chi connectivity index (χ0v) is 9.81. The Bertz CT molecular complexity index is 634. The largest absolute Gasteiger partial charge is 0.379 e. The summed E-state index contributed by atoms with van der Waals surface area (Å²) in [5.41, 5.74) is 2.29. The number of carbonyl (C=O) groups is 1. The molecule has 3 rings (SSSR count). The quantitative estimate of drug-likeness (QED) is 0.737. The highest BCUT2D eigenvalue weighted by molar-refractivity contribution is 5.97. The Hall–Kier alpha value is -2.36. The monoisotopic (exact) mass is 239 g/mol. The normalized spacial score (nSPS) is 17.6. The van der Waals surface area contributed by atoms with Crippen molar-refractivity contribution in [2.45, 2.75) is 0 Å². The summed E-state index contributed by atoms with van der Waals surface area (Å²) in [6.07, 6.45) is 1.78. The fourth-order valence-electron chi connectivity index (χ4n) is 1.98. The lowest BCUT2D eigenvalue weighted by Gasteiger charge is -2.17. The fraction of sp³-hybridized carbons (Fsp3) is 0.143. The van der Waals surface area contributed by atoms with Crippen LogP contribution in [0.2, 0.25) is 0 Å². The SMILES string of the molecule is O=C1NCCNC1=Cc1ccc2ccccc2n1. The molecule has 1 fully saturated rings. The third-order valence-electron chi connectivity index (χ3n) is 2.88. The van der Waals surface area contributed by atoms with Gasteiger partial charge < -0.3 is 10.6 Å². The van der Waals surface area contributed by atoms with Crippen molar-refractivity contribution < 1.29 is 4.79 Å². The van der Waals surface area contributed by atoms with Gasteiger partial charge in [0.05, 0.1) is 11.2 Å². The number of hydrogen-bond donors (Lipinski definition) is 2. The van der Waals surface area contributed by atoms with Gasteiger partial charge in [-0.3, -0.25) is 4.79 Å². The van der Waals surface area contributed by atoms with E-state index in [0.29, 0.717) is 12.2 Å². The number of amides is 1. The van der Waals surface area contributed by atoms with Gasteiger partial charge in [-0.05, 0) is 18.2 Å². The summed E-state index contributed by atoms with van der Waals surface area (Å²) in [5, 5.41) is 6.96. The van der Waals surface area contributed by atoms with E-state index in [9.17, 15) is 4.79 Å². The molecule has 0 saturated carbocycles. The van der Waals surface area contributed by atoms with Crippen molar-refractivity contribution in [3.05, 3.63) is 47.8 Å². The van der Waals surface area contributed by atoms with E-state index in [1.54, 1.807) is 6.08 Å². The number of rotatable bonds is 1. The highest BCUT2D eigenvalue weighted by Gasteiger charge is 2.13. The molecule has 0 unspecified atom stereocenters. The van der Waals surface area contributed by atoms with E-state index in [-0.39, 0.29) is 5.91 Å². The predicted molar refractivity (Wildman–Crippen MR) is 70.7 cm³/mol. The number of hydrogen-bond acceptors (Lipinski definition) is 3. The number of carbonyl (C=O) groups excluding carboxylic acids is 1. The number of aromatic nitrogens is 1. The second-order valence-electron chi connectivity index (χ2n) is 4.17. The third kappa shape index (κ3) is 2.05. The van der Waals surface area contributed by atoms with Gasteiger partial charge in [0.2, 0.25) is 0 Å². The molecule has 1 amide bonds. The molecule has 1 saturated heterocycles. The Labute approximate surface area is 105 Å². The van der Waals surface area contributed by atoms with Crippen LogP contribution in [0, 0.1) is 0 Å². The summed E-state index contributed by atoms with van der Waals surface area (Å²) < 4.78 is 0. The Morgan fingerprint density at radius 3 is 2.78 bits per heavy atom. The van der Waals surface area contributed by atoms with Gasteiger partial charge >= 0.3 is 0 Å². The van der Waals surface area contributed by atoms with Gasteiger partial charge in [0, 0.05) is 18.5 Å². The van der Waals surface area contributed by atoms with Gasteiger partial charge in [0.1, 0.15) is 5.70 Å². The molecular weight excluding hydrogens is 226 g/mol. The number of nitrogens with zero attached hydrogens (tertiary/aromatic N) is 1. The molecule has 0 bridgehead atoms. The number of piperazine rings is 1. The van der Waals surface area contributed by atoms with Crippen molar-refractivity contribution >= 4 is 22.9 Å². The molecule has 4 heteroatoms. The van der Waals surface area contributed by atoms with E-state index >= 15 is 0 Å². The lowest BCUT2D eigenvalue weighted by atomic mass is 10.2. The molecular formula is C14H13N3O. The number of para-hydroxylation sites is 1. The Morgan fingerprint density at radius 1 is 1.06 bits per heavy atom. The highest BCUT2D eigenvalue weighted by Crippen LogP contribution is 2.13. The maximum Gasteiger partial charge on any atom is 0.267 e. The third-order valence-corrected chi connectivity index (χ3v) is 2.88. The van der Waals surface area contributed by atoms with Gasteiger partial charge in [-0.25, -0.2) is 4.98 Å². The Balaban J connectivity index is 1.99. The van der Waals surface area contributed by atoms with E-state index in [0.717, 1.165) is 23.1 Å². The number of fused-ring (bicyclic) bond motifs is 1. The van der Waals surface area contributed by atoms with Crippen LogP contribution < -0.4 is 10.6 Å². The first kappa shape index (κ1) is 10.8. The van der Waals surface area contributed by atoms with E-state index in [2.05, 4.69) is 15.6 Å². The molecule has 1 aliphatic rings. The van der Waals surface area contributed by atoms with Crippen LogP contribution in [0.1, 0.15) is 5.69 Å². The Morgan fingerprint density at radius 2 is 1.89 bits per heavy atom. The molecule has 0 atom stereocenters. The molecule has 18 heavy (non-hydrogen) atoms. The minimum absolute atomic E-state index is 0.0730. The summed E-state index contributed by atoms with van der Waals surface area (Å²) in [6.45, 7) is 1.42. The smallest absolute Gasteiger partial charge is 0.267 e. The van der Waals surface area contributed by atoms with Crippen LogP contribution >= 0.6 is 0 Å². The lowest BCUT2D eigenvalue weighted by molar-refractivity contribution is -0.118. The summed E-state index contributed by atoms with van der Waals surface area (Å²) >= 11 is 0. The molecule has 1 aromatic heterocycles. The van der Waals surface area contributed by atoms with Gasteiger partial charge in [-0.1, -0.05) is 24.3 Å². The van der Waals surface area contributed by atoms with E-state index < -0.39 is 0 Å². The predicted octanol–water partition coefficient (Wildman–Crippen LogP) is 1.30. The zero-order valence-electron chi connectivity index (χ0n) is 9.81. The number of pyridine rings is 1. The first-order valence-electron chi connectivity index (χ1n) is 5.92. The average Bonchev–Trinajstić information content (AvgIpc) is 2.41. The van der Waals surface area contributed by atoms with Gasteiger partial charge in [0.15, 0.2) is 0 Å². The van der Waals surface area contributed by atoms with Gasteiger partial charge in [-0.15, -0.1) is 0 Å². The second kappa shape index (κ2) is 4.49. The molecule has 2 N–H and O–H groups in total. The number of benzene rings is 1. The molecule has 1 aromatic carbocycles. The van der Waals surface area contributed by atoms with Crippen LogP contribution in [0.25, 0.3) is 17.0 Å². The zero-order chi connectivity index (χ0) is 12.4. The van der Waals surface area contributed by atoms with Crippen molar-refractivity contribution in [1.82, 2.24) is 15.6 Å². The van der Waals surface area contributed by atoms with Gasteiger partial charge in [0.25, 0.3) is 5.91 Å². The van der Waals surface area contributed by atoms with E-state index in [1.807, 2.05) is 36.4 Å². The van der Waals surface area contributed by atoms with Crippen LogP contribution in [-0.4, -0.2) is 24.0 Å². The highest BCUT2D eigenvalue weighted by atomic mass is 16.2. The minimum atomic E-state index is -0.0730. The van der Waals surface area contributed by atoms with Crippen LogP contribution in [0.15, 0.2) is 42.1 Å². The van der Waals surface area contributed by atoms with Crippen molar-refractivity contribution in [1.29, 1.82) is 0 Å². The molecule has 0 spiro atoms. The summed E-state index contributed by atoms with van der Waals surface area (Å²) in [5.74, 6) is -0.0730. The summed E-state index contributed by atoms with van der Waals surface area (Å²) in [7, 11) is 0. The lowest BCUT2D eigenvalue weighted by Crippen LogP contribution is -2.42. The van der Waals surface area contributed by atoms with Gasteiger partial charge in [-0.2, -0.15) is 0 Å². The standard InChI is InChI=1S/C14H13N3O/c18-14-13(15-7-8-16-14)9-11-6-5-10-3-1-2-4-12(10)17-11/h1-6,9,15H,7-8H2,(H,16,18). The van der Waals surface area contributed by atoms with Crippen LogP contribution in [0.3, 0.4) is 0 Å². The molecule has 90 valence electrons. The summed E-state index contributed by atoms with van der Waals surface area (Å²) in [4.78, 5) is 16.1. The van der Waals surface area contributed by atoms with Crippen LogP contribution in [0.5, 0.6) is 0 Å². The summed E-state index contributed by atoms with van der Waals surface area (Å²) in [6, 6.07) is 11.8. The molecule has 0 radical (unpaired) electrons. The second-order valence-corrected chi connectivity index (χ2v) is 4.17. The minimum Gasteiger partial charge on any atom is -0.379 e. The molecule has 1 aliphatic heterocycles. The maximum atomic E-state index is 11.6. The molecule has 2 aromatic rings. The molecule has 2 heterocycles. The fourth-order valence-corrected chi connectivity index (χ4v) is 1.98. The first-order valence-corrected chi connectivity index (χ1v) is 5.92. The van der Waals surface area contributed by atoms with Crippen molar-refractivity contribution in [3.63, 3.8) is 0 Å².